The average molecular weight is 289 g/mol. The maximum absolute atomic E-state index is 5.82. The Morgan fingerprint density at radius 2 is 2.00 bits per heavy atom. The molecule has 0 bridgehead atoms. The second-order valence-electron chi connectivity index (χ2n) is 4.46. The Morgan fingerprint density at radius 3 is 2.70 bits per heavy atom. The molecule has 6 heteroatoms. The molecule has 1 aromatic carbocycles. The van der Waals surface area contributed by atoms with Crippen LogP contribution in [0.15, 0.2) is 30.5 Å². The number of ether oxygens (including phenoxy) is 1. The van der Waals surface area contributed by atoms with E-state index >= 15 is 0 Å². The summed E-state index contributed by atoms with van der Waals surface area (Å²) in [5, 5.41) is 4.73. The van der Waals surface area contributed by atoms with Crippen molar-refractivity contribution in [2.75, 3.05) is 7.11 Å². The van der Waals surface area contributed by atoms with Crippen LogP contribution >= 0.6 is 11.6 Å². The van der Waals surface area contributed by atoms with Crippen LogP contribution in [0.25, 0.3) is 11.0 Å². The third-order valence-corrected chi connectivity index (χ3v) is 3.31. The van der Waals surface area contributed by atoms with Gasteiger partial charge in [-0.05, 0) is 36.2 Å². The standard InChI is InChI=1S/C14H13ClN4O/c1-9-13-12(7-16-14(15)17-13)19(18-9)8-10-3-5-11(20-2)6-4-10/h3-7H,8H2,1-2H3. The molecule has 0 saturated heterocycles. The maximum Gasteiger partial charge on any atom is 0.223 e. The molecule has 2 aromatic heterocycles. The summed E-state index contributed by atoms with van der Waals surface area (Å²) in [5.41, 5.74) is 3.64. The number of halogens is 1. The lowest BCUT2D eigenvalue weighted by atomic mass is 10.2. The van der Waals surface area contributed by atoms with Crippen LogP contribution in [0.2, 0.25) is 5.28 Å². The molecule has 3 rings (SSSR count). The Balaban J connectivity index is 1.97. The van der Waals surface area contributed by atoms with Crippen LogP contribution in [0.4, 0.5) is 0 Å². The Kier molecular flexibility index (Phi) is 3.28. The first-order valence-corrected chi connectivity index (χ1v) is 6.54. The summed E-state index contributed by atoms with van der Waals surface area (Å²) in [7, 11) is 1.65. The number of benzene rings is 1. The number of nitrogens with zero attached hydrogens (tertiary/aromatic N) is 4. The molecule has 0 aliphatic heterocycles. The fourth-order valence-corrected chi connectivity index (χ4v) is 2.25. The highest BCUT2D eigenvalue weighted by Crippen LogP contribution is 2.19. The molecule has 0 aliphatic carbocycles. The van der Waals surface area contributed by atoms with E-state index in [1.807, 2.05) is 35.9 Å². The van der Waals surface area contributed by atoms with Gasteiger partial charge in [-0.1, -0.05) is 12.1 Å². The molecule has 0 aliphatic rings. The number of hydrogen-bond donors (Lipinski definition) is 0. The van der Waals surface area contributed by atoms with Crippen LogP contribution in [-0.4, -0.2) is 26.9 Å². The van der Waals surface area contributed by atoms with Gasteiger partial charge in [-0.25, -0.2) is 9.97 Å². The molecule has 5 nitrogen and oxygen atoms in total. The first-order chi connectivity index (χ1) is 9.67. The van der Waals surface area contributed by atoms with Crippen molar-refractivity contribution in [2.24, 2.45) is 0 Å². The van der Waals surface area contributed by atoms with Gasteiger partial charge >= 0.3 is 0 Å². The number of rotatable bonds is 3. The van der Waals surface area contributed by atoms with Gasteiger partial charge in [-0.2, -0.15) is 5.10 Å². The third kappa shape index (κ3) is 2.32. The van der Waals surface area contributed by atoms with Gasteiger partial charge < -0.3 is 4.74 Å². The van der Waals surface area contributed by atoms with Crippen LogP contribution in [0.5, 0.6) is 5.75 Å². The Morgan fingerprint density at radius 1 is 1.25 bits per heavy atom. The van der Waals surface area contributed by atoms with E-state index in [1.54, 1.807) is 13.3 Å². The highest BCUT2D eigenvalue weighted by molar-refractivity contribution is 6.28. The molecule has 3 aromatic rings. The summed E-state index contributed by atoms with van der Waals surface area (Å²) >= 11 is 5.82. The first kappa shape index (κ1) is 12.9. The summed E-state index contributed by atoms with van der Waals surface area (Å²) < 4.78 is 7.03. The Bertz CT molecular complexity index is 752. The van der Waals surface area contributed by atoms with E-state index in [1.165, 1.54) is 0 Å². The topological polar surface area (TPSA) is 52.8 Å². The average Bonchev–Trinajstić information content (AvgIpc) is 2.76. The number of hydrogen-bond acceptors (Lipinski definition) is 4. The number of fused-ring (bicyclic) bond motifs is 1. The van der Waals surface area contributed by atoms with Crippen molar-refractivity contribution >= 4 is 22.6 Å². The third-order valence-electron chi connectivity index (χ3n) is 3.12. The Labute approximate surface area is 121 Å². The van der Waals surface area contributed by atoms with Gasteiger partial charge in [0.1, 0.15) is 16.8 Å². The van der Waals surface area contributed by atoms with Crippen LogP contribution in [0, 0.1) is 6.92 Å². The maximum atomic E-state index is 5.82. The number of aryl methyl sites for hydroxylation is 1. The van der Waals surface area contributed by atoms with E-state index < -0.39 is 0 Å². The second kappa shape index (κ2) is 5.09. The van der Waals surface area contributed by atoms with Crippen LogP contribution in [-0.2, 0) is 6.54 Å². The quantitative estimate of drug-likeness (QED) is 0.696. The lowest BCUT2D eigenvalue weighted by molar-refractivity contribution is 0.414. The summed E-state index contributed by atoms with van der Waals surface area (Å²) in [6.45, 7) is 2.56. The van der Waals surface area contributed by atoms with E-state index in [4.69, 9.17) is 16.3 Å². The molecule has 0 amide bonds. The zero-order valence-electron chi connectivity index (χ0n) is 11.2. The van der Waals surface area contributed by atoms with Crippen LogP contribution in [0.3, 0.4) is 0 Å². The van der Waals surface area contributed by atoms with E-state index in [0.29, 0.717) is 6.54 Å². The monoisotopic (exact) mass is 288 g/mol. The molecule has 0 unspecified atom stereocenters. The van der Waals surface area contributed by atoms with Crippen molar-refractivity contribution in [3.05, 3.63) is 47.0 Å². The molecule has 20 heavy (non-hydrogen) atoms. The molecule has 0 atom stereocenters. The molecule has 0 saturated carbocycles. The SMILES string of the molecule is COc1ccc(Cn2nc(C)c3nc(Cl)ncc32)cc1. The lowest BCUT2D eigenvalue weighted by Gasteiger charge is -2.05. The van der Waals surface area contributed by atoms with E-state index in [2.05, 4.69) is 15.1 Å². The van der Waals surface area contributed by atoms with Crippen molar-refractivity contribution in [1.82, 2.24) is 19.7 Å². The van der Waals surface area contributed by atoms with Crippen LogP contribution in [0.1, 0.15) is 11.3 Å². The summed E-state index contributed by atoms with van der Waals surface area (Å²) in [6.07, 6.45) is 1.70. The van der Waals surface area contributed by atoms with Gasteiger partial charge in [0.2, 0.25) is 5.28 Å². The van der Waals surface area contributed by atoms with Gasteiger partial charge in [-0.15, -0.1) is 0 Å². The summed E-state index contributed by atoms with van der Waals surface area (Å²) in [4.78, 5) is 8.24. The highest BCUT2D eigenvalue weighted by Gasteiger charge is 2.10. The predicted molar refractivity (Wildman–Crippen MR) is 77.2 cm³/mol. The van der Waals surface area contributed by atoms with Gasteiger partial charge in [0.25, 0.3) is 0 Å². The van der Waals surface area contributed by atoms with Gasteiger partial charge in [0.15, 0.2) is 0 Å². The minimum absolute atomic E-state index is 0.240. The van der Waals surface area contributed by atoms with Crippen LogP contribution < -0.4 is 4.74 Å². The smallest absolute Gasteiger partial charge is 0.223 e. The lowest BCUT2D eigenvalue weighted by Crippen LogP contribution is -2.02. The van der Waals surface area contributed by atoms with E-state index in [9.17, 15) is 0 Å². The van der Waals surface area contributed by atoms with E-state index in [0.717, 1.165) is 28.0 Å². The molecular formula is C14H13ClN4O. The van der Waals surface area contributed by atoms with E-state index in [-0.39, 0.29) is 5.28 Å². The normalized spacial score (nSPS) is 10.9. The minimum atomic E-state index is 0.240. The van der Waals surface area contributed by atoms with Gasteiger partial charge in [0.05, 0.1) is 25.5 Å². The molecule has 2 heterocycles. The van der Waals surface area contributed by atoms with Crippen molar-refractivity contribution in [3.63, 3.8) is 0 Å². The van der Waals surface area contributed by atoms with Crippen molar-refractivity contribution in [1.29, 1.82) is 0 Å². The molecule has 0 spiro atoms. The largest absolute Gasteiger partial charge is 0.497 e. The predicted octanol–water partition coefficient (Wildman–Crippen LogP) is 2.85. The number of methoxy groups -OCH3 is 1. The van der Waals surface area contributed by atoms with Crippen molar-refractivity contribution in [2.45, 2.75) is 13.5 Å². The molecule has 0 fully saturated rings. The molecular weight excluding hydrogens is 276 g/mol. The fourth-order valence-electron chi connectivity index (χ4n) is 2.12. The zero-order chi connectivity index (χ0) is 14.1. The first-order valence-electron chi connectivity index (χ1n) is 6.16. The molecule has 0 N–H and O–H groups in total. The Hall–Kier alpha value is -2.14. The highest BCUT2D eigenvalue weighted by atomic mass is 35.5. The second-order valence-corrected chi connectivity index (χ2v) is 4.80. The molecule has 0 radical (unpaired) electrons. The van der Waals surface area contributed by atoms with Gasteiger partial charge in [0, 0.05) is 0 Å². The van der Waals surface area contributed by atoms with Crippen molar-refractivity contribution in [3.8, 4) is 5.75 Å². The summed E-state index contributed by atoms with van der Waals surface area (Å²) in [5.74, 6) is 0.838. The minimum Gasteiger partial charge on any atom is -0.497 e. The van der Waals surface area contributed by atoms with Gasteiger partial charge in [-0.3, -0.25) is 4.68 Å². The zero-order valence-corrected chi connectivity index (χ0v) is 11.9. The number of aromatic nitrogens is 4. The molecule has 102 valence electrons. The fraction of sp³-hybridized carbons (Fsp3) is 0.214. The summed E-state index contributed by atoms with van der Waals surface area (Å²) in [6, 6.07) is 7.89. The van der Waals surface area contributed by atoms with Crippen molar-refractivity contribution < 1.29 is 4.74 Å².